The molecule has 3 aliphatic rings. The van der Waals surface area contributed by atoms with E-state index >= 15 is 0 Å². The molecule has 29 heavy (non-hydrogen) atoms. The number of aliphatic hydroxyl groups is 1. The lowest BCUT2D eigenvalue weighted by Gasteiger charge is -2.43. The zero-order valence-corrected chi connectivity index (χ0v) is 16.4. The Balaban J connectivity index is 1.94. The van der Waals surface area contributed by atoms with Gasteiger partial charge in [0, 0.05) is 27.4 Å². The average Bonchev–Trinajstić information content (AvgIpc) is 2.80. The minimum Gasteiger partial charge on any atom is -0.462 e. The Hall–Kier alpha value is -1.62. The molecule has 162 valence electrons. The Morgan fingerprint density at radius 2 is 2.38 bits per heavy atom. The SMILES string of the molecule is [2H]O[C@H]1CC(=O)OC(CC[C@@H]2[C@@H]3C(=C[C@H](C([2H])([2H])[2H])C[C@@H]3OC(=O)[C@@H](C([2H])([2H])[2H])C([2H])([2H])C([2H])([2H])[2H])C=C[C@@H]2C)C1. The molecule has 3 rings (SSSR count). The molecular weight excluding hydrogens is 368 g/mol. The first-order chi connectivity index (χ1) is 18.7. The van der Waals surface area contributed by atoms with Crippen molar-refractivity contribution in [2.75, 3.05) is 0 Å². The van der Waals surface area contributed by atoms with Crippen LogP contribution in [-0.4, -0.2) is 36.8 Å². The maximum atomic E-state index is 13.3. The molecule has 1 heterocycles. The molecule has 0 aromatic rings. The monoisotopic (exact) mass is 416 g/mol. The first-order valence-corrected chi connectivity index (χ1v) is 10.1. The van der Waals surface area contributed by atoms with Crippen LogP contribution in [0.25, 0.3) is 0 Å². The number of carbonyl (C=O) groups excluding carboxylic acids is 2. The highest BCUT2D eigenvalue weighted by Gasteiger charge is 2.42. The van der Waals surface area contributed by atoms with Gasteiger partial charge < -0.3 is 14.6 Å². The Bertz CT molecular complexity index is 1030. The van der Waals surface area contributed by atoms with E-state index in [-0.39, 0.29) is 24.7 Å². The van der Waals surface area contributed by atoms with Crippen LogP contribution >= 0.6 is 0 Å². The lowest BCUT2D eigenvalue weighted by atomic mass is 9.65. The fraction of sp³-hybridized carbons (Fsp3) is 0.750. The molecule has 5 nitrogen and oxygen atoms in total. The first-order valence-electron chi connectivity index (χ1n) is 16.0. The summed E-state index contributed by atoms with van der Waals surface area (Å²) in [6.45, 7) is -7.38. The summed E-state index contributed by atoms with van der Waals surface area (Å²) in [6, 6.07) is 0. The van der Waals surface area contributed by atoms with Crippen molar-refractivity contribution in [2.24, 2.45) is 29.6 Å². The maximum Gasteiger partial charge on any atom is 0.308 e. The molecule has 1 aliphatic heterocycles. The van der Waals surface area contributed by atoms with Crippen molar-refractivity contribution in [2.45, 2.75) is 84.3 Å². The molecule has 0 radical (unpaired) electrons. The predicted octanol–water partition coefficient (Wildman–Crippen LogP) is 4.20. The molecule has 0 aromatic heterocycles. The van der Waals surface area contributed by atoms with E-state index in [4.69, 9.17) is 26.0 Å². The van der Waals surface area contributed by atoms with Crippen LogP contribution in [0.2, 0.25) is 0 Å². The number of rotatable bonds is 7. The number of aliphatic hydroxyl groups excluding tert-OH is 1. The number of esters is 2. The number of cyclic esters (lactones) is 1. The van der Waals surface area contributed by atoms with Gasteiger partial charge in [0.05, 0.1) is 18.4 Å². The minimum absolute atomic E-state index is 0.0268. The second kappa shape index (κ2) is 9.46. The zero-order valence-electron chi connectivity index (χ0n) is 28.4. The second-order valence-corrected chi connectivity index (χ2v) is 8.22. The molecule has 1 fully saturated rings. The van der Waals surface area contributed by atoms with Crippen LogP contribution < -0.4 is 0 Å². The number of allylic oxidation sites excluding steroid dienone is 3. The topological polar surface area (TPSA) is 72.8 Å². The Kier molecular flexibility index (Phi) is 3.63. The summed E-state index contributed by atoms with van der Waals surface area (Å²) in [5, 5.41) is 4.60. The van der Waals surface area contributed by atoms with E-state index in [9.17, 15) is 9.59 Å². The van der Waals surface area contributed by atoms with Gasteiger partial charge in [-0.05, 0) is 49.0 Å². The van der Waals surface area contributed by atoms with Gasteiger partial charge in [-0.15, -0.1) is 0 Å². The van der Waals surface area contributed by atoms with E-state index in [1.54, 1.807) is 12.2 Å². The molecule has 0 amide bonds. The lowest BCUT2D eigenvalue weighted by molar-refractivity contribution is -0.162. The third kappa shape index (κ3) is 5.30. The number of hydrogen-bond acceptors (Lipinski definition) is 5. The predicted molar refractivity (Wildman–Crippen MR) is 111 cm³/mol. The van der Waals surface area contributed by atoms with Crippen molar-refractivity contribution < 1.29 is 39.2 Å². The van der Waals surface area contributed by atoms with Crippen LogP contribution in [0.4, 0.5) is 0 Å². The van der Waals surface area contributed by atoms with Crippen LogP contribution in [0.3, 0.4) is 0 Å². The third-order valence-electron chi connectivity index (χ3n) is 6.08. The van der Waals surface area contributed by atoms with Gasteiger partial charge >= 0.3 is 11.9 Å². The van der Waals surface area contributed by atoms with Gasteiger partial charge in [0.1, 0.15) is 12.2 Å². The Morgan fingerprint density at radius 1 is 1.48 bits per heavy atom. The van der Waals surface area contributed by atoms with Crippen molar-refractivity contribution in [1.82, 2.24) is 0 Å². The van der Waals surface area contributed by atoms with E-state index < -0.39 is 74.9 Å². The van der Waals surface area contributed by atoms with Crippen LogP contribution in [0.15, 0.2) is 23.8 Å². The van der Waals surface area contributed by atoms with E-state index in [0.29, 0.717) is 24.8 Å². The van der Waals surface area contributed by atoms with Crippen molar-refractivity contribution in [3.8, 4) is 0 Å². The quantitative estimate of drug-likeness (QED) is 0.630. The number of carbonyl (C=O) groups is 2. The zero-order chi connectivity index (χ0) is 31.1. The molecule has 0 bridgehead atoms. The molecule has 1 N–H and O–H groups in total. The van der Waals surface area contributed by atoms with Gasteiger partial charge in [0.2, 0.25) is 1.43 Å². The van der Waals surface area contributed by atoms with Crippen molar-refractivity contribution >= 4 is 11.9 Å². The van der Waals surface area contributed by atoms with Crippen LogP contribution in [0.1, 0.15) is 81.0 Å². The molecule has 5 heteroatoms. The summed E-state index contributed by atoms with van der Waals surface area (Å²) < 4.78 is 104. The lowest BCUT2D eigenvalue weighted by Crippen LogP contribution is -2.42. The van der Waals surface area contributed by atoms with Crippen molar-refractivity contribution in [3.05, 3.63) is 23.8 Å². The second-order valence-electron chi connectivity index (χ2n) is 8.22. The Labute approximate surface area is 191 Å². The smallest absolute Gasteiger partial charge is 0.308 e. The molecule has 1 unspecified atom stereocenters. The van der Waals surface area contributed by atoms with Gasteiger partial charge in [0.25, 0.3) is 0 Å². The third-order valence-corrected chi connectivity index (χ3v) is 6.08. The van der Waals surface area contributed by atoms with Crippen molar-refractivity contribution in [3.63, 3.8) is 0 Å². The van der Waals surface area contributed by atoms with Crippen LogP contribution in [0, 0.1) is 29.6 Å². The molecule has 2 aliphatic carbocycles. The normalized spacial score (nSPS) is 45.8. The fourth-order valence-electron chi connectivity index (χ4n) is 4.68. The summed E-state index contributed by atoms with van der Waals surface area (Å²) in [5.41, 5.74) is 0.565. The molecule has 8 atom stereocenters. The van der Waals surface area contributed by atoms with Gasteiger partial charge in [-0.3, -0.25) is 9.59 Å². The summed E-state index contributed by atoms with van der Waals surface area (Å²) in [5.74, 6) is -6.73. The van der Waals surface area contributed by atoms with Crippen LogP contribution in [-0.2, 0) is 19.1 Å². The molecule has 0 aromatic carbocycles. The number of fused-ring (bicyclic) bond motifs is 1. The van der Waals surface area contributed by atoms with Gasteiger partial charge in [0.15, 0.2) is 0 Å². The largest absolute Gasteiger partial charge is 0.462 e. The average molecular weight is 417 g/mol. The van der Waals surface area contributed by atoms with E-state index in [0.717, 1.165) is 0 Å². The van der Waals surface area contributed by atoms with Crippen LogP contribution in [0.5, 0.6) is 0 Å². The highest BCUT2D eigenvalue weighted by molar-refractivity contribution is 5.72. The molecule has 0 saturated carbocycles. The summed E-state index contributed by atoms with van der Waals surface area (Å²) in [4.78, 5) is 25.3. The maximum absolute atomic E-state index is 13.3. The van der Waals surface area contributed by atoms with Gasteiger partial charge in [-0.1, -0.05) is 45.7 Å². The standard InChI is InChI=1S/C24H36O5/c1-5-15(3)24(27)29-21-11-14(2)10-17-7-6-16(4)20(23(17)21)9-8-19-12-18(25)13-22(26)28-19/h6-7,10,14-16,18-21,23,25H,5,8-9,11-13H2,1-4H3/t14-,15-,16-,18+,19?,20-,21-,23-/m0/s1/i1D3,2D3,3D3,5D2,25D. The van der Waals surface area contributed by atoms with Crippen molar-refractivity contribution in [1.29, 1.82) is 1.43 Å². The van der Waals surface area contributed by atoms with Gasteiger partial charge in [-0.25, -0.2) is 0 Å². The summed E-state index contributed by atoms with van der Waals surface area (Å²) >= 11 is 0. The summed E-state index contributed by atoms with van der Waals surface area (Å²) in [7, 11) is 0. The first kappa shape index (κ1) is 11.1. The minimum atomic E-state index is -3.45. The fourth-order valence-corrected chi connectivity index (χ4v) is 4.68. The number of hydrogen-bond donors (Lipinski definition) is 1. The van der Waals surface area contributed by atoms with E-state index in [2.05, 4.69) is 5.11 Å². The molecule has 1 saturated heterocycles. The molecule has 0 spiro atoms. The van der Waals surface area contributed by atoms with E-state index in [1.807, 2.05) is 13.0 Å². The highest BCUT2D eigenvalue weighted by atomic mass is 16.5. The van der Waals surface area contributed by atoms with Gasteiger partial charge in [-0.2, -0.15) is 0 Å². The van der Waals surface area contributed by atoms with E-state index in [1.165, 1.54) is 0 Å². The molecular formula is C24H36O5. The summed E-state index contributed by atoms with van der Waals surface area (Å²) in [6.07, 6.45) is 0.348. The number of ether oxygens (including phenoxy) is 2. The highest BCUT2D eigenvalue weighted by Crippen LogP contribution is 2.45. The Morgan fingerprint density at radius 3 is 3.14 bits per heavy atom.